The quantitative estimate of drug-likeness (QED) is 0.480. The van der Waals surface area contributed by atoms with Gasteiger partial charge in [-0.3, -0.25) is 19.1 Å². The number of nitrogens with two attached hydrogens (primary N) is 1. The van der Waals surface area contributed by atoms with Gasteiger partial charge in [0.15, 0.2) is 0 Å². The number of hydrogen-bond acceptors (Lipinski definition) is 6. The third-order valence-corrected chi connectivity index (χ3v) is 7.94. The summed E-state index contributed by atoms with van der Waals surface area (Å²) in [6.07, 6.45) is 0.469. The average Bonchev–Trinajstić information content (AvgIpc) is 3.16. The van der Waals surface area contributed by atoms with E-state index < -0.39 is 21.8 Å². The van der Waals surface area contributed by atoms with Crippen LogP contribution in [-0.2, 0) is 27.8 Å². The Balaban J connectivity index is 1.57. The van der Waals surface area contributed by atoms with Gasteiger partial charge in [-0.05, 0) is 42.3 Å². The molecule has 0 bridgehead atoms. The first-order chi connectivity index (χ1) is 16.2. The fourth-order valence-corrected chi connectivity index (χ4v) is 6.07. The zero-order chi connectivity index (χ0) is 24.5. The lowest BCUT2D eigenvalue weighted by atomic mass is 10.0. The Kier molecular flexibility index (Phi) is 6.40. The molecule has 11 heteroatoms. The number of nitrogens with one attached hydrogen (secondary N) is 2. The fraction of sp³-hybridized carbons (Fsp3) is 0.174. The monoisotopic (exact) mass is 498 g/mol. The van der Waals surface area contributed by atoms with E-state index in [0.717, 1.165) is 10.4 Å². The lowest BCUT2D eigenvalue weighted by molar-refractivity contribution is -0.129. The van der Waals surface area contributed by atoms with Gasteiger partial charge in [0.2, 0.25) is 5.91 Å². The van der Waals surface area contributed by atoms with Crippen LogP contribution in [0.5, 0.6) is 0 Å². The average molecular weight is 499 g/mol. The van der Waals surface area contributed by atoms with Crippen LogP contribution in [0.25, 0.3) is 0 Å². The van der Waals surface area contributed by atoms with Gasteiger partial charge in [0.25, 0.3) is 21.8 Å². The standard InChI is InChI=1S/C23H22N4O5S2/c1-14(28)27-11-10-18-19(13-27)33-23(20(18)21(24)29)25-22(30)15-6-5-7-16(12-15)26-34(31,32)17-8-3-2-4-9-17/h2-9,12,26H,10-11,13H2,1H3,(H2,24,29)(H,25,30). The highest BCUT2D eigenvalue weighted by molar-refractivity contribution is 7.92. The summed E-state index contributed by atoms with van der Waals surface area (Å²) in [7, 11) is -3.82. The van der Waals surface area contributed by atoms with Crippen molar-refractivity contribution in [2.75, 3.05) is 16.6 Å². The van der Waals surface area contributed by atoms with E-state index in [-0.39, 0.29) is 27.6 Å². The number of nitrogens with zero attached hydrogens (tertiary/aromatic N) is 1. The molecule has 1 aliphatic rings. The molecule has 3 amide bonds. The SMILES string of the molecule is CC(=O)N1CCc2c(sc(NC(=O)c3cccc(NS(=O)(=O)c4ccccc4)c3)c2C(N)=O)C1. The van der Waals surface area contributed by atoms with E-state index in [0.29, 0.717) is 24.5 Å². The predicted octanol–water partition coefficient (Wildman–Crippen LogP) is 2.80. The number of carbonyl (C=O) groups is 3. The van der Waals surface area contributed by atoms with Crippen molar-refractivity contribution >= 4 is 49.8 Å². The first-order valence-electron chi connectivity index (χ1n) is 10.3. The maximum absolute atomic E-state index is 13.0. The largest absolute Gasteiger partial charge is 0.365 e. The Morgan fingerprint density at radius 3 is 2.47 bits per heavy atom. The highest BCUT2D eigenvalue weighted by Crippen LogP contribution is 2.37. The van der Waals surface area contributed by atoms with Crippen LogP contribution in [0.15, 0.2) is 59.5 Å². The summed E-state index contributed by atoms with van der Waals surface area (Å²) in [5, 5.41) is 3.04. The molecule has 0 saturated heterocycles. The number of thiophene rings is 1. The van der Waals surface area contributed by atoms with Crippen LogP contribution in [0.3, 0.4) is 0 Å². The lowest BCUT2D eigenvalue weighted by Crippen LogP contribution is -2.34. The van der Waals surface area contributed by atoms with E-state index in [2.05, 4.69) is 10.0 Å². The van der Waals surface area contributed by atoms with E-state index in [4.69, 9.17) is 5.73 Å². The van der Waals surface area contributed by atoms with E-state index in [1.165, 1.54) is 48.6 Å². The molecule has 1 aromatic heterocycles. The summed E-state index contributed by atoms with van der Waals surface area (Å²) in [5.41, 5.74) is 7.00. The summed E-state index contributed by atoms with van der Waals surface area (Å²) < 4.78 is 27.6. The molecule has 0 fully saturated rings. The van der Waals surface area contributed by atoms with Crippen molar-refractivity contribution in [1.82, 2.24) is 4.90 Å². The molecular formula is C23H22N4O5S2. The molecule has 4 rings (SSSR count). The number of sulfonamides is 1. The first-order valence-corrected chi connectivity index (χ1v) is 12.6. The Morgan fingerprint density at radius 2 is 1.79 bits per heavy atom. The van der Waals surface area contributed by atoms with E-state index in [1.54, 1.807) is 29.2 Å². The Labute approximate surface area is 200 Å². The van der Waals surface area contributed by atoms with Gasteiger partial charge in [0.05, 0.1) is 17.0 Å². The lowest BCUT2D eigenvalue weighted by Gasteiger charge is -2.25. The third kappa shape index (κ3) is 4.80. The topological polar surface area (TPSA) is 139 Å². The van der Waals surface area contributed by atoms with Crippen LogP contribution in [0, 0.1) is 0 Å². The van der Waals surface area contributed by atoms with Crippen molar-refractivity contribution in [3.8, 4) is 0 Å². The molecule has 0 unspecified atom stereocenters. The highest BCUT2D eigenvalue weighted by Gasteiger charge is 2.28. The first kappa shape index (κ1) is 23.5. The van der Waals surface area contributed by atoms with Gasteiger partial charge in [0, 0.05) is 29.6 Å². The van der Waals surface area contributed by atoms with Gasteiger partial charge in [-0.2, -0.15) is 0 Å². The van der Waals surface area contributed by atoms with Gasteiger partial charge in [-0.25, -0.2) is 8.42 Å². The van der Waals surface area contributed by atoms with Gasteiger partial charge >= 0.3 is 0 Å². The minimum atomic E-state index is -3.82. The van der Waals surface area contributed by atoms with Gasteiger partial charge < -0.3 is 16.0 Å². The van der Waals surface area contributed by atoms with Crippen LogP contribution < -0.4 is 15.8 Å². The number of fused-ring (bicyclic) bond motifs is 1. The number of amides is 3. The molecule has 0 atom stereocenters. The molecule has 2 aromatic carbocycles. The maximum atomic E-state index is 13.0. The van der Waals surface area contributed by atoms with Crippen molar-refractivity contribution in [1.29, 1.82) is 0 Å². The second-order valence-corrected chi connectivity index (χ2v) is 10.5. The summed E-state index contributed by atoms with van der Waals surface area (Å²) in [6.45, 7) is 2.30. The molecule has 2 heterocycles. The van der Waals surface area contributed by atoms with Gasteiger partial charge in [-0.15, -0.1) is 11.3 Å². The number of anilines is 2. The molecule has 0 saturated carbocycles. The molecule has 34 heavy (non-hydrogen) atoms. The zero-order valence-electron chi connectivity index (χ0n) is 18.2. The van der Waals surface area contributed by atoms with Crippen LogP contribution in [-0.4, -0.2) is 37.6 Å². The molecule has 9 nitrogen and oxygen atoms in total. The number of primary amides is 1. The summed E-state index contributed by atoms with van der Waals surface area (Å²) in [6, 6.07) is 13.9. The van der Waals surface area contributed by atoms with Gasteiger partial charge in [-0.1, -0.05) is 24.3 Å². The molecule has 1 aliphatic heterocycles. The Hall–Kier alpha value is -3.70. The van der Waals surface area contributed by atoms with Crippen LogP contribution >= 0.6 is 11.3 Å². The summed E-state index contributed by atoms with van der Waals surface area (Å²) in [5.74, 6) is -1.25. The van der Waals surface area contributed by atoms with Crippen molar-refractivity contribution in [3.63, 3.8) is 0 Å². The van der Waals surface area contributed by atoms with Crippen molar-refractivity contribution in [2.45, 2.75) is 24.8 Å². The molecule has 4 N–H and O–H groups in total. The van der Waals surface area contributed by atoms with E-state index in [1.807, 2.05) is 0 Å². The van der Waals surface area contributed by atoms with Crippen molar-refractivity contribution in [2.24, 2.45) is 5.73 Å². The van der Waals surface area contributed by atoms with Crippen LogP contribution in [0.1, 0.15) is 38.1 Å². The molecule has 0 radical (unpaired) electrons. The number of rotatable bonds is 6. The van der Waals surface area contributed by atoms with Crippen molar-refractivity contribution in [3.05, 3.63) is 76.2 Å². The second kappa shape index (κ2) is 9.27. The maximum Gasteiger partial charge on any atom is 0.261 e. The normalized spacial score (nSPS) is 13.1. The molecule has 0 spiro atoms. The summed E-state index contributed by atoms with van der Waals surface area (Å²) >= 11 is 1.21. The fourth-order valence-electron chi connectivity index (χ4n) is 3.73. The minimum absolute atomic E-state index is 0.0694. The van der Waals surface area contributed by atoms with E-state index >= 15 is 0 Å². The highest BCUT2D eigenvalue weighted by atomic mass is 32.2. The summed E-state index contributed by atoms with van der Waals surface area (Å²) in [4.78, 5) is 39.4. The van der Waals surface area contributed by atoms with Crippen molar-refractivity contribution < 1.29 is 22.8 Å². The number of benzene rings is 2. The van der Waals surface area contributed by atoms with Gasteiger partial charge in [0.1, 0.15) is 5.00 Å². The molecule has 3 aromatic rings. The second-order valence-electron chi connectivity index (χ2n) is 7.72. The third-order valence-electron chi connectivity index (χ3n) is 5.41. The molecule has 176 valence electrons. The minimum Gasteiger partial charge on any atom is -0.365 e. The molecule has 0 aliphatic carbocycles. The van der Waals surface area contributed by atoms with Crippen LogP contribution in [0.2, 0.25) is 0 Å². The Bertz CT molecular complexity index is 1380. The molecular weight excluding hydrogens is 476 g/mol. The number of carbonyl (C=O) groups excluding carboxylic acids is 3. The Morgan fingerprint density at radius 1 is 1.06 bits per heavy atom. The zero-order valence-corrected chi connectivity index (χ0v) is 19.8. The van der Waals surface area contributed by atoms with E-state index in [9.17, 15) is 22.8 Å². The number of hydrogen-bond donors (Lipinski definition) is 3. The smallest absolute Gasteiger partial charge is 0.261 e. The van der Waals surface area contributed by atoms with Crippen LogP contribution in [0.4, 0.5) is 10.7 Å². The predicted molar refractivity (Wildman–Crippen MR) is 129 cm³/mol.